The molecule has 1 aromatic carbocycles. The number of nitrogens with one attached hydrogen (secondary N) is 1. The summed E-state index contributed by atoms with van der Waals surface area (Å²) in [5, 5.41) is 9.84. The van der Waals surface area contributed by atoms with Crippen LogP contribution in [-0.4, -0.2) is 32.8 Å². The molecule has 1 amide bonds. The Bertz CT molecular complexity index is 900. The lowest BCUT2D eigenvalue weighted by molar-refractivity contribution is 0.0945. The van der Waals surface area contributed by atoms with Gasteiger partial charge in [-0.15, -0.1) is 10.2 Å². The van der Waals surface area contributed by atoms with Crippen LogP contribution >= 0.6 is 0 Å². The van der Waals surface area contributed by atoms with Gasteiger partial charge in [0.25, 0.3) is 5.91 Å². The van der Waals surface area contributed by atoms with Crippen molar-refractivity contribution < 1.29 is 18.3 Å². The van der Waals surface area contributed by atoms with E-state index in [0.29, 0.717) is 5.82 Å². The molecule has 0 saturated carbocycles. The third-order valence-corrected chi connectivity index (χ3v) is 3.44. The molecule has 0 bridgehead atoms. The first-order valence-corrected chi connectivity index (χ1v) is 7.21. The van der Waals surface area contributed by atoms with Gasteiger partial charge in [-0.25, -0.2) is 9.37 Å². The van der Waals surface area contributed by atoms with Gasteiger partial charge in [0.15, 0.2) is 11.6 Å². The molecule has 2 heterocycles. The van der Waals surface area contributed by atoms with E-state index in [4.69, 9.17) is 4.74 Å². The molecule has 7 nitrogen and oxygen atoms in total. The van der Waals surface area contributed by atoms with Gasteiger partial charge in [0.2, 0.25) is 5.82 Å². The molecule has 0 fully saturated rings. The summed E-state index contributed by atoms with van der Waals surface area (Å²) in [5.41, 5.74) is 0.127. The van der Waals surface area contributed by atoms with Crippen molar-refractivity contribution in [2.45, 2.75) is 6.54 Å². The number of aromatic nitrogens is 4. The van der Waals surface area contributed by atoms with Crippen LogP contribution in [0.2, 0.25) is 0 Å². The van der Waals surface area contributed by atoms with Crippen molar-refractivity contribution in [3.63, 3.8) is 0 Å². The van der Waals surface area contributed by atoms with Crippen molar-refractivity contribution in [1.29, 1.82) is 0 Å². The van der Waals surface area contributed by atoms with E-state index in [0.717, 1.165) is 0 Å². The average molecular weight is 345 g/mol. The predicted molar refractivity (Wildman–Crippen MR) is 83.2 cm³/mol. The van der Waals surface area contributed by atoms with Gasteiger partial charge >= 0.3 is 0 Å². The zero-order valence-electron chi connectivity index (χ0n) is 13.1. The first-order chi connectivity index (χ1) is 12.1. The van der Waals surface area contributed by atoms with E-state index < -0.39 is 17.5 Å². The summed E-state index contributed by atoms with van der Waals surface area (Å²) in [6.45, 7) is -0.190. The minimum atomic E-state index is -1.10. The Morgan fingerprint density at radius 3 is 2.64 bits per heavy atom. The van der Waals surface area contributed by atoms with Gasteiger partial charge in [-0.1, -0.05) is 12.1 Å². The molecule has 128 valence electrons. The van der Waals surface area contributed by atoms with E-state index in [9.17, 15) is 13.6 Å². The summed E-state index contributed by atoms with van der Waals surface area (Å²) < 4.78 is 33.8. The van der Waals surface area contributed by atoms with Crippen LogP contribution in [0.5, 0.6) is 5.75 Å². The zero-order chi connectivity index (χ0) is 17.8. The van der Waals surface area contributed by atoms with E-state index in [-0.39, 0.29) is 23.6 Å². The zero-order valence-corrected chi connectivity index (χ0v) is 13.1. The molecule has 0 atom stereocenters. The summed E-state index contributed by atoms with van der Waals surface area (Å²) in [6.07, 6.45) is 2.89. The highest BCUT2D eigenvalue weighted by molar-refractivity contribution is 5.92. The maximum atomic E-state index is 13.9. The van der Waals surface area contributed by atoms with Crippen molar-refractivity contribution >= 4 is 5.91 Å². The fourth-order valence-corrected chi connectivity index (χ4v) is 2.14. The Hall–Kier alpha value is -3.36. The van der Waals surface area contributed by atoms with Crippen molar-refractivity contribution in [1.82, 2.24) is 25.1 Å². The van der Waals surface area contributed by atoms with Gasteiger partial charge in [-0.05, 0) is 18.2 Å². The molecule has 0 spiro atoms. The summed E-state index contributed by atoms with van der Waals surface area (Å²) in [6, 6.07) is 7.47. The predicted octanol–water partition coefficient (Wildman–Crippen LogP) is 1.88. The molecule has 0 saturated heterocycles. The first-order valence-electron chi connectivity index (χ1n) is 7.21. The molecule has 25 heavy (non-hydrogen) atoms. The van der Waals surface area contributed by atoms with Crippen LogP contribution in [0.1, 0.15) is 16.1 Å². The number of amides is 1. The average Bonchev–Trinajstić information content (AvgIpc) is 3.17. The SMILES string of the molecule is COc1ccc(CNC(=O)c2cccc(-n3cnnc3)n2)c(F)c1F. The number of hydrogen-bond acceptors (Lipinski definition) is 5. The molecule has 0 aliphatic carbocycles. The Kier molecular flexibility index (Phi) is 4.64. The molecular weight excluding hydrogens is 332 g/mol. The Morgan fingerprint density at radius 1 is 1.16 bits per heavy atom. The quantitative estimate of drug-likeness (QED) is 0.763. The van der Waals surface area contributed by atoms with E-state index in [1.54, 1.807) is 12.1 Å². The fourth-order valence-electron chi connectivity index (χ4n) is 2.14. The van der Waals surface area contributed by atoms with E-state index in [1.807, 2.05) is 0 Å². The second-order valence-electron chi connectivity index (χ2n) is 4.99. The molecule has 3 rings (SSSR count). The summed E-state index contributed by atoms with van der Waals surface area (Å²) in [4.78, 5) is 16.4. The summed E-state index contributed by atoms with van der Waals surface area (Å²) in [7, 11) is 1.24. The molecule has 9 heteroatoms. The number of nitrogens with zero attached hydrogens (tertiary/aromatic N) is 4. The topological polar surface area (TPSA) is 81.9 Å². The van der Waals surface area contributed by atoms with Crippen LogP contribution in [0.4, 0.5) is 8.78 Å². The van der Waals surface area contributed by atoms with E-state index in [2.05, 4.69) is 20.5 Å². The third kappa shape index (κ3) is 3.44. The molecule has 0 aliphatic rings. The number of methoxy groups -OCH3 is 1. The molecule has 3 aromatic rings. The number of rotatable bonds is 5. The minimum Gasteiger partial charge on any atom is -0.494 e. The van der Waals surface area contributed by atoms with Crippen LogP contribution in [0.3, 0.4) is 0 Å². The summed E-state index contributed by atoms with van der Waals surface area (Å²) >= 11 is 0. The molecule has 2 aromatic heterocycles. The monoisotopic (exact) mass is 345 g/mol. The summed E-state index contributed by atoms with van der Waals surface area (Å²) in [5.74, 6) is -2.42. The third-order valence-electron chi connectivity index (χ3n) is 3.44. The highest BCUT2D eigenvalue weighted by Gasteiger charge is 2.15. The first kappa shape index (κ1) is 16.5. The second kappa shape index (κ2) is 7.04. The lowest BCUT2D eigenvalue weighted by Crippen LogP contribution is -2.24. The van der Waals surface area contributed by atoms with Crippen molar-refractivity contribution in [3.05, 3.63) is 65.9 Å². The standard InChI is InChI=1S/C16H13F2N5O2/c1-25-12-6-5-10(14(17)15(12)18)7-19-16(24)11-3-2-4-13(22-11)23-8-20-21-9-23/h2-6,8-9H,7H2,1H3,(H,19,24). The molecule has 0 aliphatic heterocycles. The fraction of sp³-hybridized carbons (Fsp3) is 0.125. The van der Waals surface area contributed by atoms with Crippen LogP contribution in [0.15, 0.2) is 43.0 Å². The highest BCUT2D eigenvalue weighted by Crippen LogP contribution is 2.22. The van der Waals surface area contributed by atoms with Gasteiger partial charge < -0.3 is 10.1 Å². The number of carbonyl (C=O) groups is 1. The number of benzene rings is 1. The van der Waals surface area contributed by atoms with Crippen LogP contribution < -0.4 is 10.1 Å². The Balaban J connectivity index is 1.73. The van der Waals surface area contributed by atoms with Gasteiger partial charge in [-0.3, -0.25) is 9.36 Å². The lowest BCUT2D eigenvalue weighted by Gasteiger charge is -2.09. The largest absolute Gasteiger partial charge is 0.494 e. The number of halogens is 2. The molecule has 1 N–H and O–H groups in total. The van der Waals surface area contributed by atoms with Crippen molar-refractivity contribution in [2.75, 3.05) is 7.11 Å². The maximum Gasteiger partial charge on any atom is 0.270 e. The second-order valence-corrected chi connectivity index (χ2v) is 4.99. The lowest BCUT2D eigenvalue weighted by atomic mass is 10.2. The number of carbonyl (C=O) groups excluding carboxylic acids is 1. The molecule has 0 radical (unpaired) electrons. The maximum absolute atomic E-state index is 13.9. The van der Waals surface area contributed by atoms with Crippen LogP contribution in [0.25, 0.3) is 5.82 Å². The van der Waals surface area contributed by atoms with Crippen molar-refractivity contribution in [3.8, 4) is 11.6 Å². The van der Waals surface area contributed by atoms with Gasteiger partial charge in [-0.2, -0.15) is 4.39 Å². The Morgan fingerprint density at radius 2 is 1.92 bits per heavy atom. The Labute approximate surface area is 141 Å². The van der Waals surface area contributed by atoms with E-state index in [1.165, 1.54) is 42.5 Å². The van der Waals surface area contributed by atoms with Crippen LogP contribution in [0, 0.1) is 11.6 Å². The normalized spacial score (nSPS) is 10.5. The van der Waals surface area contributed by atoms with Gasteiger partial charge in [0, 0.05) is 12.1 Å². The molecule has 0 unspecified atom stereocenters. The smallest absolute Gasteiger partial charge is 0.270 e. The minimum absolute atomic E-state index is 0.00149. The number of pyridine rings is 1. The number of ether oxygens (including phenoxy) is 1. The molecular formula is C16H13F2N5O2. The van der Waals surface area contributed by atoms with Gasteiger partial charge in [0.1, 0.15) is 24.2 Å². The highest BCUT2D eigenvalue weighted by atomic mass is 19.2. The van der Waals surface area contributed by atoms with Gasteiger partial charge in [0.05, 0.1) is 7.11 Å². The van der Waals surface area contributed by atoms with Crippen molar-refractivity contribution in [2.24, 2.45) is 0 Å². The van der Waals surface area contributed by atoms with E-state index >= 15 is 0 Å². The number of hydrogen-bond donors (Lipinski definition) is 1. The van der Waals surface area contributed by atoms with Crippen LogP contribution in [-0.2, 0) is 6.54 Å².